The first-order chi connectivity index (χ1) is 25.8. The van der Waals surface area contributed by atoms with Crippen LogP contribution in [0.3, 0.4) is 0 Å². The Hall–Kier alpha value is -5.20. The van der Waals surface area contributed by atoms with Crippen LogP contribution in [0.2, 0.25) is 0 Å². The van der Waals surface area contributed by atoms with E-state index in [1.54, 1.807) is 13.2 Å². The van der Waals surface area contributed by atoms with Gasteiger partial charge < -0.3 is 25.4 Å². The maximum absolute atomic E-state index is 13.8. The van der Waals surface area contributed by atoms with Crippen LogP contribution in [0.4, 0.5) is 9.59 Å². The van der Waals surface area contributed by atoms with Gasteiger partial charge in [-0.05, 0) is 59.9 Å². The van der Waals surface area contributed by atoms with E-state index in [0.717, 1.165) is 59.1 Å². The number of hydrazine groups is 1. The fraction of sp³-hybridized carbons (Fsp3) is 0.415. The SMILES string of the molecule is CC[C@@H](CNNC(=O)NC=C1CCC(C(=O)NC)CC1)NC(=O)[C@@H]1C[C@@H](OCc2ccccc2)CN1C(=O)OCC1c2ccccc2-c2ccccc21. The van der Waals surface area contributed by atoms with Gasteiger partial charge in [0.1, 0.15) is 12.6 Å². The van der Waals surface area contributed by atoms with Crippen molar-refractivity contribution in [2.45, 2.75) is 76.2 Å². The Labute approximate surface area is 311 Å². The molecule has 280 valence electrons. The van der Waals surface area contributed by atoms with Crippen LogP contribution < -0.4 is 26.8 Å². The molecule has 12 heteroatoms. The van der Waals surface area contributed by atoms with Crippen LogP contribution in [0.5, 0.6) is 0 Å². The molecular formula is C41H50N6O6. The van der Waals surface area contributed by atoms with Gasteiger partial charge in [-0.15, -0.1) is 0 Å². The Balaban J connectivity index is 1.03. The van der Waals surface area contributed by atoms with Crippen molar-refractivity contribution >= 4 is 23.9 Å². The molecule has 5 amide bonds. The second-order valence-electron chi connectivity index (χ2n) is 13.9. The van der Waals surface area contributed by atoms with E-state index >= 15 is 0 Å². The van der Waals surface area contributed by atoms with Gasteiger partial charge in [-0.2, -0.15) is 0 Å². The summed E-state index contributed by atoms with van der Waals surface area (Å²) in [4.78, 5) is 53.4. The topological polar surface area (TPSA) is 150 Å². The van der Waals surface area contributed by atoms with E-state index in [1.165, 1.54) is 4.90 Å². The fourth-order valence-electron chi connectivity index (χ4n) is 7.49. The van der Waals surface area contributed by atoms with Gasteiger partial charge in [-0.25, -0.2) is 15.0 Å². The summed E-state index contributed by atoms with van der Waals surface area (Å²) in [6.07, 6.45) is 4.71. The molecule has 0 unspecified atom stereocenters. The summed E-state index contributed by atoms with van der Waals surface area (Å²) in [5.41, 5.74) is 12.1. The molecule has 2 aliphatic carbocycles. The number of hydrogen-bond donors (Lipinski definition) is 5. The summed E-state index contributed by atoms with van der Waals surface area (Å²) < 4.78 is 12.2. The van der Waals surface area contributed by atoms with Crippen LogP contribution in [0.15, 0.2) is 90.6 Å². The highest BCUT2D eigenvalue weighted by molar-refractivity contribution is 5.87. The zero-order chi connectivity index (χ0) is 37.2. The molecule has 1 saturated heterocycles. The minimum Gasteiger partial charge on any atom is -0.448 e. The van der Waals surface area contributed by atoms with E-state index in [0.29, 0.717) is 19.4 Å². The first kappa shape index (κ1) is 37.6. The number of likely N-dealkylation sites (tertiary alicyclic amines) is 1. The highest BCUT2D eigenvalue weighted by Crippen LogP contribution is 2.44. The third-order valence-corrected chi connectivity index (χ3v) is 10.5. The van der Waals surface area contributed by atoms with Gasteiger partial charge in [0.05, 0.1) is 19.3 Å². The smallest absolute Gasteiger partial charge is 0.410 e. The number of urea groups is 1. The number of fused-ring (bicyclic) bond motifs is 3. The third-order valence-electron chi connectivity index (χ3n) is 10.5. The number of amides is 5. The highest BCUT2D eigenvalue weighted by Gasteiger charge is 2.42. The molecule has 0 radical (unpaired) electrons. The molecule has 3 aromatic carbocycles. The van der Waals surface area contributed by atoms with Crippen molar-refractivity contribution < 1.29 is 28.7 Å². The summed E-state index contributed by atoms with van der Waals surface area (Å²) in [7, 11) is 1.65. The van der Waals surface area contributed by atoms with E-state index in [1.807, 2.05) is 61.5 Å². The molecule has 0 bridgehead atoms. The van der Waals surface area contributed by atoms with Gasteiger partial charge in [0, 0.05) is 44.1 Å². The summed E-state index contributed by atoms with van der Waals surface area (Å²) in [6.45, 7) is 2.94. The lowest BCUT2D eigenvalue weighted by atomic mass is 9.86. The van der Waals surface area contributed by atoms with Crippen molar-refractivity contribution in [3.05, 3.63) is 107 Å². The average molecular weight is 723 g/mol. The van der Waals surface area contributed by atoms with Crippen molar-refractivity contribution in [3.63, 3.8) is 0 Å². The number of benzene rings is 3. The molecule has 1 aliphatic heterocycles. The van der Waals surface area contributed by atoms with Crippen LogP contribution in [-0.2, 0) is 25.7 Å². The molecule has 3 atom stereocenters. The number of nitrogens with zero attached hydrogens (tertiary/aromatic N) is 1. The molecule has 5 N–H and O–H groups in total. The number of ether oxygens (including phenoxy) is 2. The van der Waals surface area contributed by atoms with Crippen LogP contribution in [0.25, 0.3) is 11.1 Å². The van der Waals surface area contributed by atoms with Gasteiger partial charge in [0.25, 0.3) is 0 Å². The average Bonchev–Trinajstić information content (AvgIpc) is 3.78. The van der Waals surface area contributed by atoms with Gasteiger partial charge in [0.15, 0.2) is 0 Å². The fourth-order valence-corrected chi connectivity index (χ4v) is 7.49. The van der Waals surface area contributed by atoms with E-state index in [2.05, 4.69) is 51.1 Å². The molecule has 1 saturated carbocycles. The second-order valence-corrected chi connectivity index (χ2v) is 13.9. The van der Waals surface area contributed by atoms with Crippen LogP contribution >= 0.6 is 0 Å². The largest absolute Gasteiger partial charge is 0.448 e. The molecule has 0 spiro atoms. The second kappa shape index (κ2) is 18.0. The minimum absolute atomic E-state index is 0.0109. The Kier molecular flexibility index (Phi) is 12.8. The van der Waals surface area contributed by atoms with Gasteiger partial charge in [0.2, 0.25) is 11.8 Å². The van der Waals surface area contributed by atoms with Gasteiger partial charge in [-0.1, -0.05) is 91.4 Å². The number of carbonyl (C=O) groups excluding carboxylic acids is 4. The maximum Gasteiger partial charge on any atom is 0.410 e. The normalized spacial score (nSPS) is 19.8. The first-order valence-corrected chi connectivity index (χ1v) is 18.6. The third kappa shape index (κ3) is 9.43. The Bertz CT molecular complexity index is 1730. The van der Waals surface area contributed by atoms with Gasteiger partial charge >= 0.3 is 12.1 Å². The highest BCUT2D eigenvalue weighted by atomic mass is 16.6. The van der Waals surface area contributed by atoms with E-state index in [9.17, 15) is 19.2 Å². The summed E-state index contributed by atoms with van der Waals surface area (Å²) in [5.74, 6) is -0.339. The molecule has 12 nitrogen and oxygen atoms in total. The predicted octanol–water partition coefficient (Wildman–Crippen LogP) is 5.11. The van der Waals surface area contributed by atoms with Crippen molar-refractivity contribution in [2.75, 3.05) is 26.7 Å². The van der Waals surface area contributed by atoms with Crippen molar-refractivity contribution in [2.24, 2.45) is 5.92 Å². The van der Waals surface area contributed by atoms with Crippen LogP contribution in [0, 0.1) is 5.92 Å². The summed E-state index contributed by atoms with van der Waals surface area (Å²) in [5, 5.41) is 8.51. The van der Waals surface area contributed by atoms with Crippen LogP contribution in [-0.4, -0.2) is 73.8 Å². The summed E-state index contributed by atoms with van der Waals surface area (Å²) in [6, 6.07) is 24.6. The zero-order valence-electron chi connectivity index (χ0n) is 30.4. The monoisotopic (exact) mass is 722 g/mol. The lowest BCUT2D eigenvalue weighted by molar-refractivity contribution is -0.126. The lowest BCUT2D eigenvalue weighted by Crippen LogP contribution is -2.53. The zero-order valence-corrected chi connectivity index (χ0v) is 30.4. The minimum atomic E-state index is -0.790. The molecule has 0 aromatic heterocycles. The van der Waals surface area contributed by atoms with E-state index in [4.69, 9.17) is 9.47 Å². The van der Waals surface area contributed by atoms with Gasteiger partial charge in [-0.3, -0.25) is 19.9 Å². The molecule has 3 aromatic rings. The number of allylic oxidation sites excluding steroid dienone is 1. The Morgan fingerprint density at radius 3 is 2.21 bits per heavy atom. The molecular weight excluding hydrogens is 672 g/mol. The number of hydrogen-bond acceptors (Lipinski definition) is 7. The van der Waals surface area contributed by atoms with E-state index < -0.39 is 18.2 Å². The first-order valence-electron chi connectivity index (χ1n) is 18.6. The Morgan fingerprint density at radius 1 is 0.887 bits per heavy atom. The van der Waals surface area contributed by atoms with Crippen molar-refractivity contribution in [3.8, 4) is 11.1 Å². The molecule has 3 aliphatic rings. The molecule has 53 heavy (non-hydrogen) atoms. The number of nitrogens with one attached hydrogen (secondary N) is 5. The Morgan fingerprint density at radius 2 is 1.55 bits per heavy atom. The van der Waals surface area contributed by atoms with E-state index in [-0.39, 0.29) is 55.5 Å². The standard InChI is InChI=1S/C41H50N6O6/c1-3-30(23-44-46-40(50)43-22-27-17-19-29(20-18-27)38(48)42-2)45-39(49)37-21-31(52-25-28-11-5-4-6-12-28)24-47(37)41(51)53-26-36-34-15-9-7-13-32(34)33-14-8-10-16-35(33)36/h4-16,22,29-31,36-37,44H,3,17-21,23-26H2,1-2H3,(H,42,48)(H,45,49)(H2,43,46,50)/t29?,30-,31+,37-/m0/s1. The summed E-state index contributed by atoms with van der Waals surface area (Å²) >= 11 is 0. The quantitative estimate of drug-likeness (QED) is 0.154. The molecule has 6 rings (SSSR count). The molecule has 2 fully saturated rings. The number of rotatable bonds is 13. The lowest BCUT2D eigenvalue weighted by Gasteiger charge is -2.26. The predicted molar refractivity (Wildman–Crippen MR) is 201 cm³/mol. The van der Waals surface area contributed by atoms with Crippen LogP contribution in [0.1, 0.15) is 68.1 Å². The number of carbonyl (C=O) groups is 4. The van der Waals surface area contributed by atoms with Crippen molar-refractivity contribution in [1.29, 1.82) is 0 Å². The van der Waals surface area contributed by atoms with Crippen molar-refractivity contribution in [1.82, 2.24) is 31.7 Å². The maximum atomic E-state index is 13.8. The molecule has 1 heterocycles.